The number of benzene rings is 1. The number of nitrogens with zero attached hydrogens (tertiary/aromatic N) is 4. The van der Waals surface area contributed by atoms with Gasteiger partial charge in [0.2, 0.25) is 5.91 Å². The Morgan fingerprint density at radius 3 is 2.53 bits per heavy atom. The van der Waals surface area contributed by atoms with Crippen molar-refractivity contribution in [2.75, 3.05) is 18.8 Å². The van der Waals surface area contributed by atoms with Crippen LogP contribution in [-0.4, -0.2) is 44.4 Å². The van der Waals surface area contributed by atoms with Crippen molar-refractivity contribution >= 4 is 29.0 Å². The van der Waals surface area contributed by atoms with Gasteiger partial charge in [0, 0.05) is 30.9 Å². The highest BCUT2D eigenvalue weighted by Crippen LogP contribution is 2.22. The Morgan fingerprint density at radius 2 is 1.80 bits per heavy atom. The second kappa shape index (κ2) is 10.8. The number of amides is 1. The van der Waals surface area contributed by atoms with Crippen LogP contribution in [0.2, 0.25) is 0 Å². The van der Waals surface area contributed by atoms with E-state index in [-0.39, 0.29) is 5.91 Å². The average Bonchev–Trinajstić information content (AvgIpc) is 3.33. The minimum atomic E-state index is 0.222. The highest BCUT2D eigenvalue weighted by Gasteiger charge is 2.19. The lowest BCUT2D eigenvalue weighted by atomic mass is 10.1. The van der Waals surface area contributed by atoms with Gasteiger partial charge in [-0.05, 0) is 36.3 Å². The molecule has 3 aromatic rings. The lowest BCUT2D eigenvalue weighted by Crippen LogP contribution is -2.33. The Hall–Kier alpha value is -2.12. The van der Waals surface area contributed by atoms with Crippen LogP contribution in [0.4, 0.5) is 0 Å². The Labute approximate surface area is 186 Å². The van der Waals surface area contributed by atoms with Crippen LogP contribution in [-0.2, 0) is 24.2 Å². The SMILES string of the molecule is O=C(CSc1nnc(Cc2cccs2)n1CCc1ccccc1)N1CCCCCC1. The van der Waals surface area contributed by atoms with Gasteiger partial charge in [-0.3, -0.25) is 4.79 Å². The van der Waals surface area contributed by atoms with Gasteiger partial charge in [-0.25, -0.2) is 0 Å². The smallest absolute Gasteiger partial charge is 0.233 e. The molecule has 1 aromatic carbocycles. The molecule has 30 heavy (non-hydrogen) atoms. The van der Waals surface area contributed by atoms with Crippen molar-refractivity contribution in [3.05, 3.63) is 64.1 Å². The van der Waals surface area contributed by atoms with Crippen molar-refractivity contribution in [1.82, 2.24) is 19.7 Å². The van der Waals surface area contributed by atoms with E-state index in [1.807, 2.05) is 11.0 Å². The number of rotatable bonds is 8. The van der Waals surface area contributed by atoms with E-state index in [1.54, 1.807) is 11.3 Å². The third-order valence-corrected chi connectivity index (χ3v) is 7.28. The van der Waals surface area contributed by atoms with E-state index >= 15 is 0 Å². The quantitative estimate of drug-likeness (QED) is 0.478. The Bertz CT molecular complexity index is 916. The molecule has 1 fully saturated rings. The van der Waals surface area contributed by atoms with Gasteiger partial charge in [0.15, 0.2) is 5.16 Å². The summed E-state index contributed by atoms with van der Waals surface area (Å²) in [6.07, 6.45) is 6.40. The van der Waals surface area contributed by atoms with Crippen molar-refractivity contribution in [3.8, 4) is 0 Å². The normalized spacial score (nSPS) is 14.6. The molecule has 0 unspecified atom stereocenters. The number of carbonyl (C=O) groups excluding carboxylic acids is 1. The lowest BCUT2D eigenvalue weighted by Gasteiger charge is -2.20. The molecule has 0 saturated carbocycles. The van der Waals surface area contributed by atoms with E-state index in [4.69, 9.17) is 0 Å². The zero-order chi connectivity index (χ0) is 20.6. The minimum absolute atomic E-state index is 0.222. The highest BCUT2D eigenvalue weighted by molar-refractivity contribution is 7.99. The third-order valence-electron chi connectivity index (χ3n) is 5.46. The van der Waals surface area contributed by atoms with Crippen molar-refractivity contribution in [2.24, 2.45) is 0 Å². The average molecular weight is 441 g/mol. The van der Waals surface area contributed by atoms with E-state index in [2.05, 4.69) is 56.5 Å². The molecule has 7 heteroatoms. The van der Waals surface area contributed by atoms with Crippen molar-refractivity contribution in [3.63, 3.8) is 0 Å². The summed E-state index contributed by atoms with van der Waals surface area (Å²) < 4.78 is 2.20. The van der Waals surface area contributed by atoms with Gasteiger partial charge in [-0.1, -0.05) is 61.0 Å². The summed E-state index contributed by atoms with van der Waals surface area (Å²) in [5.41, 5.74) is 1.30. The molecule has 2 aromatic heterocycles. The molecular weight excluding hydrogens is 412 g/mol. The van der Waals surface area contributed by atoms with E-state index in [9.17, 15) is 4.79 Å². The molecule has 0 bridgehead atoms. The first kappa shape index (κ1) is 21.1. The molecule has 1 amide bonds. The number of thiophene rings is 1. The number of carbonyl (C=O) groups is 1. The number of aromatic nitrogens is 3. The zero-order valence-electron chi connectivity index (χ0n) is 17.2. The van der Waals surface area contributed by atoms with Crippen LogP contribution in [0.3, 0.4) is 0 Å². The maximum atomic E-state index is 12.7. The summed E-state index contributed by atoms with van der Waals surface area (Å²) in [5.74, 6) is 1.63. The molecular formula is C23H28N4OS2. The van der Waals surface area contributed by atoms with Crippen molar-refractivity contribution in [1.29, 1.82) is 0 Å². The monoisotopic (exact) mass is 440 g/mol. The van der Waals surface area contributed by atoms with Crippen molar-refractivity contribution in [2.45, 2.75) is 50.2 Å². The van der Waals surface area contributed by atoms with Gasteiger partial charge in [0.05, 0.1) is 5.75 Å². The van der Waals surface area contributed by atoms with E-state index in [0.717, 1.165) is 56.3 Å². The molecule has 0 radical (unpaired) electrons. The fraction of sp³-hybridized carbons (Fsp3) is 0.435. The van der Waals surface area contributed by atoms with Crippen LogP contribution < -0.4 is 0 Å². The van der Waals surface area contributed by atoms with Gasteiger partial charge in [-0.2, -0.15) is 0 Å². The number of aryl methyl sites for hydroxylation is 1. The summed E-state index contributed by atoms with van der Waals surface area (Å²) in [7, 11) is 0. The number of hydrogen-bond acceptors (Lipinski definition) is 5. The van der Waals surface area contributed by atoms with Gasteiger partial charge < -0.3 is 9.47 Å². The Morgan fingerprint density at radius 1 is 1.00 bits per heavy atom. The number of hydrogen-bond donors (Lipinski definition) is 0. The molecule has 1 aliphatic heterocycles. The standard InChI is InChI=1S/C23H28N4OS2/c28-22(26-13-6-1-2-7-14-26)18-30-23-25-24-21(17-20-11-8-16-29-20)27(23)15-12-19-9-4-3-5-10-19/h3-5,8-11,16H,1-2,6-7,12-15,17-18H2. The molecule has 158 valence electrons. The minimum Gasteiger partial charge on any atom is -0.342 e. The first-order valence-electron chi connectivity index (χ1n) is 10.7. The molecule has 0 atom stereocenters. The van der Waals surface area contributed by atoms with E-state index in [1.165, 1.54) is 35.0 Å². The van der Waals surface area contributed by atoms with Gasteiger partial charge in [0.1, 0.15) is 5.82 Å². The van der Waals surface area contributed by atoms with Gasteiger partial charge in [-0.15, -0.1) is 21.5 Å². The number of likely N-dealkylation sites (tertiary alicyclic amines) is 1. The summed E-state index contributed by atoms with van der Waals surface area (Å²) in [6, 6.07) is 14.7. The summed E-state index contributed by atoms with van der Waals surface area (Å²) in [4.78, 5) is 16.0. The molecule has 1 saturated heterocycles. The number of thioether (sulfide) groups is 1. The van der Waals surface area contributed by atoms with Crippen LogP contribution in [0, 0.1) is 0 Å². The molecule has 0 aliphatic carbocycles. The molecule has 0 spiro atoms. The summed E-state index contributed by atoms with van der Waals surface area (Å²) in [6.45, 7) is 2.60. The lowest BCUT2D eigenvalue weighted by molar-refractivity contribution is -0.128. The van der Waals surface area contributed by atoms with Crippen LogP contribution in [0.1, 0.15) is 41.9 Å². The zero-order valence-corrected chi connectivity index (χ0v) is 18.8. The predicted octanol–water partition coefficient (Wildman–Crippen LogP) is 4.67. The maximum absolute atomic E-state index is 12.7. The van der Waals surface area contributed by atoms with E-state index in [0.29, 0.717) is 5.75 Å². The maximum Gasteiger partial charge on any atom is 0.233 e. The Kier molecular flexibility index (Phi) is 7.59. The van der Waals surface area contributed by atoms with Gasteiger partial charge >= 0.3 is 0 Å². The van der Waals surface area contributed by atoms with Crippen LogP contribution in [0.5, 0.6) is 0 Å². The second-order valence-corrected chi connectivity index (χ2v) is 9.60. The first-order valence-corrected chi connectivity index (χ1v) is 12.5. The van der Waals surface area contributed by atoms with E-state index < -0.39 is 0 Å². The van der Waals surface area contributed by atoms with Crippen LogP contribution in [0.15, 0.2) is 53.0 Å². The third kappa shape index (κ3) is 5.73. The molecule has 1 aliphatic rings. The van der Waals surface area contributed by atoms with Crippen LogP contribution in [0.25, 0.3) is 0 Å². The second-order valence-electron chi connectivity index (χ2n) is 7.63. The summed E-state index contributed by atoms with van der Waals surface area (Å²) >= 11 is 3.27. The molecule has 5 nitrogen and oxygen atoms in total. The largest absolute Gasteiger partial charge is 0.342 e. The highest BCUT2D eigenvalue weighted by atomic mass is 32.2. The van der Waals surface area contributed by atoms with Crippen LogP contribution >= 0.6 is 23.1 Å². The summed E-state index contributed by atoms with van der Waals surface area (Å²) in [5, 5.41) is 11.9. The van der Waals surface area contributed by atoms with Crippen molar-refractivity contribution < 1.29 is 4.79 Å². The Balaban J connectivity index is 1.45. The molecule has 3 heterocycles. The molecule has 0 N–H and O–H groups in total. The fourth-order valence-electron chi connectivity index (χ4n) is 3.77. The first-order chi connectivity index (χ1) is 14.8. The predicted molar refractivity (Wildman–Crippen MR) is 123 cm³/mol. The van der Waals surface area contributed by atoms with Gasteiger partial charge in [0.25, 0.3) is 0 Å². The topological polar surface area (TPSA) is 51.0 Å². The fourth-order valence-corrected chi connectivity index (χ4v) is 5.36. The molecule has 4 rings (SSSR count).